The molecule has 9 heteroatoms. The van der Waals surface area contributed by atoms with Crippen molar-refractivity contribution < 1.29 is 24.2 Å². The molecule has 3 N–H and O–H groups in total. The van der Waals surface area contributed by atoms with Crippen LogP contribution >= 0.6 is 0 Å². The molecule has 1 aliphatic heterocycles. The van der Waals surface area contributed by atoms with E-state index in [4.69, 9.17) is 4.74 Å². The van der Waals surface area contributed by atoms with Crippen molar-refractivity contribution >= 4 is 23.5 Å². The number of carbonyl (C=O) groups is 3. The Kier molecular flexibility index (Phi) is 9.59. The van der Waals surface area contributed by atoms with Gasteiger partial charge in [0.2, 0.25) is 5.91 Å². The first-order chi connectivity index (χ1) is 17.1. The first-order valence-electron chi connectivity index (χ1n) is 13.2. The predicted octanol–water partition coefficient (Wildman–Crippen LogP) is 3.48. The summed E-state index contributed by atoms with van der Waals surface area (Å²) in [5.74, 6) is -0.190. The summed E-state index contributed by atoms with van der Waals surface area (Å²) in [5, 5.41) is 15.8. The SMILES string of the molecule is CC(C)NC(=O)N(C)C[C@@H]1Oc2c(NC(=O)C3CCCCC3)cccc2C(=O)N([C@@H](C)CO)C[C@H]1C. The van der Waals surface area contributed by atoms with Crippen molar-refractivity contribution in [2.24, 2.45) is 11.8 Å². The summed E-state index contributed by atoms with van der Waals surface area (Å²) in [5.41, 5.74) is 0.796. The second-order valence-electron chi connectivity index (χ2n) is 10.6. The molecule has 1 aliphatic carbocycles. The number of amides is 4. The molecule has 1 heterocycles. The summed E-state index contributed by atoms with van der Waals surface area (Å²) in [7, 11) is 1.71. The third-order valence-electron chi connectivity index (χ3n) is 7.14. The standard InChI is InChI=1S/C27H42N4O5/c1-17(2)28-27(35)30(5)15-23-18(3)14-31(19(4)16-32)26(34)21-12-9-13-22(24(21)36-23)29-25(33)20-10-7-6-8-11-20/h9,12-13,17-20,23,32H,6-8,10-11,14-16H2,1-5H3,(H,28,35)(H,29,33)/t18-,19+,23+/m1/s1. The topological polar surface area (TPSA) is 111 Å². The van der Waals surface area contributed by atoms with Crippen LogP contribution in [-0.2, 0) is 4.79 Å². The number of rotatable bonds is 7. The summed E-state index contributed by atoms with van der Waals surface area (Å²) in [6.45, 7) is 8.06. The Morgan fingerprint density at radius 2 is 1.89 bits per heavy atom. The van der Waals surface area contributed by atoms with Gasteiger partial charge in [-0.25, -0.2) is 4.79 Å². The molecular weight excluding hydrogens is 460 g/mol. The Balaban J connectivity index is 1.95. The van der Waals surface area contributed by atoms with Crippen molar-refractivity contribution in [3.05, 3.63) is 23.8 Å². The molecule has 1 aromatic carbocycles. The van der Waals surface area contributed by atoms with Gasteiger partial charge in [-0.15, -0.1) is 0 Å². The highest BCUT2D eigenvalue weighted by molar-refractivity contribution is 6.02. The van der Waals surface area contributed by atoms with Crippen molar-refractivity contribution in [2.75, 3.05) is 32.1 Å². The van der Waals surface area contributed by atoms with E-state index in [9.17, 15) is 19.5 Å². The van der Waals surface area contributed by atoms with Gasteiger partial charge in [0.25, 0.3) is 5.91 Å². The maximum absolute atomic E-state index is 13.6. The van der Waals surface area contributed by atoms with Crippen LogP contribution in [0.3, 0.4) is 0 Å². The number of hydrogen-bond donors (Lipinski definition) is 3. The van der Waals surface area contributed by atoms with Gasteiger partial charge in [-0.2, -0.15) is 0 Å². The highest BCUT2D eigenvalue weighted by atomic mass is 16.5. The van der Waals surface area contributed by atoms with Crippen molar-refractivity contribution in [2.45, 2.75) is 78.0 Å². The number of benzene rings is 1. The second-order valence-corrected chi connectivity index (χ2v) is 10.6. The smallest absolute Gasteiger partial charge is 0.317 e. The summed E-state index contributed by atoms with van der Waals surface area (Å²) in [6.07, 6.45) is 4.51. The molecule has 1 aromatic rings. The fourth-order valence-electron chi connectivity index (χ4n) is 4.87. The lowest BCUT2D eigenvalue weighted by molar-refractivity contribution is -0.120. The quantitative estimate of drug-likeness (QED) is 0.529. The van der Waals surface area contributed by atoms with E-state index in [1.165, 1.54) is 0 Å². The molecule has 3 atom stereocenters. The van der Waals surface area contributed by atoms with Gasteiger partial charge < -0.3 is 30.3 Å². The maximum atomic E-state index is 13.6. The number of carbonyl (C=O) groups excluding carboxylic acids is 3. The molecule has 9 nitrogen and oxygen atoms in total. The van der Waals surface area contributed by atoms with Gasteiger partial charge in [-0.3, -0.25) is 9.59 Å². The minimum atomic E-state index is -0.444. The van der Waals surface area contributed by atoms with Crippen LogP contribution in [-0.4, -0.2) is 77.7 Å². The van der Waals surface area contributed by atoms with E-state index >= 15 is 0 Å². The van der Waals surface area contributed by atoms with Crippen LogP contribution in [0.1, 0.15) is 70.2 Å². The number of likely N-dealkylation sites (N-methyl/N-ethyl adjacent to an activating group) is 1. The fourth-order valence-corrected chi connectivity index (χ4v) is 4.87. The van der Waals surface area contributed by atoms with Gasteiger partial charge in [0.05, 0.1) is 30.4 Å². The number of aliphatic hydroxyl groups excluding tert-OH is 1. The van der Waals surface area contributed by atoms with E-state index in [2.05, 4.69) is 10.6 Å². The maximum Gasteiger partial charge on any atom is 0.317 e. The summed E-state index contributed by atoms with van der Waals surface area (Å²) < 4.78 is 6.48. The Morgan fingerprint density at radius 1 is 1.19 bits per heavy atom. The Bertz CT molecular complexity index is 931. The number of para-hydroxylation sites is 1. The first-order valence-corrected chi connectivity index (χ1v) is 13.2. The molecule has 1 saturated carbocycles. The normalized spacial score (nSPS) is 21.6. The lowest BCUT2D eigenvalue weighted by Gasteiger charge is -2.38. The predicted molar refractivity (Wildman–Crippen MR) is 139 cm³/mol. The molecule has 0 radical (unpaired) electrons. The number of urea groups is 1. The molecule has 3 rings (SSSR count). The summed E-state index contributed by atoms with van der Waals surface area (Å²) >= 11 is 0. The molecule has 0 spiro atoms. The third-order valence-corrected chi connectivity index (χ3v) is 7.14. The van der Waals surface area contributed by atoms with E-state index in [-0.39, 0.29) is 42.3 Å². The van der Waals surface area contributed by atoms with E-state index in [1.54, 1.807) is 42.0 Å². The van der Waals surface area contributed by atoms with Gasteiger partial charge >= 0.3 is 6.03 Å². The van der Waals surface area contributed by atoms with Crippen molar-refractivity contribution in [1.82, 2.24) is 15.1 Å². The second kappa shape index (κ2) is 12.4. The van der Waals surface area contributed by atoms with Crippen LogP contribution in [0, 0.1) is 11.8 Å². The summed E-state index contributed by atoms with van der Waals surface area (Å²) in [4.78, 5) is 42.5. The van der Waals surface area contributed by atoms with Gasteiger partial charge in [-0.1, -0.05) is 32.3 Å². The zero-order valence-corrected chi connectivity index (χ0v) is 22.3. The molecule has 0 bridgehead atoms. The molecular formula is C27H42N4O5. The number of hydrogen-bond acceptors (Lipinski definition) is 5. The Labute approximate surface area is 214 Å². The van der Waals surface area contributed by atoms with E-state index < -0.39 is 12.1 Å². The molecule has 0 aromatic heterocycles. The molecule has 2 aliphatic rings. The lowest BCUT2D eigenvalue weighted by Crippen LogP contribution is -2.51. The summed E-state index contributed by atoms with van der Waals surface area (Å²) in [6, 6.07) is 4.57. The van der Waals surface area contributed by atoms with Crippen LogP contribution in [0.5, 0.6) is 5.75 Å². The van der Waals surface area contributed by atoms with Gasteiger partial charge in [-0.05, 0) is 45.7 Å². The van der Waals surface area contributed by atoms with Crippen molar-refractivity contribution in [3.8, 4) is 5.75 Å². The lowest BCUT2D eigenvalue weighted by atomic mass is 9.88. The van der Waals surface area contributed by atoms with Crippen LogP contribution in [0.15, 0.2) is 18.2 Å². The van der Waals surface area contributed by atoms with Crippen LogP contribution in [0.2, 0.25) is 0 Å². The average Bonchev–Trinajstić information content (AvgIpc) is 2.86. The molecule has 36 heavy (non-hydrogen) atoms. The number of nitrogens with one attached hydrogen (secondary N) is 2. The van der Waals surface area contributed by atoms with Crippen molar-refractivity contribution in [3.63, 3.8) is 0 Å². The highest BCUT2D eigenvalue weighted by Crippen LogP contribution is 2.36. The van der Waals surface area contributed by atoms with Crippen LogP contribution in [0.25, 0.3) is 0 Å². The molecule has 1 fully saturated rings. The van der Waals surface area contributed by atoms with E-state index in [0.717, 1.165) is 32.1 Å². The molecule has 0 unspecified atom stereocenters. The molecule has 0 saturated heterocycles. The average molecular weight is 503 g/mol. The monoisotopic (exact) mass is 502 g/mol. The Hall–Kier alpha value is -2.81. The van der Waals surface area contributed by atoms with Crippen LogP contribution < -0.4 is 15.4 Å². The minimum absolute atomic E-state index is 0.00327. The Morgan fingerprint density at radius 3 is 2.53 bits per heavy atom. The third kappa shape index (κ3) is 6.69. The number of nitrogens with zero attached hydrogens (tertiary/aromatic N) is 2. The van der Waals surface area contributed by atoms with E-state index in [0.29, 0.717) is 30.1 Å². The van der Waals surface area contributed by atoms with E-state index in [1.807, 2.05) is 20.8 Å². The zero-order chi connectivity index (χ0) is 26.4. The first kappa shape index (κ1) is 27.8. The van der Waals surface area contributed by atoms with Gasteiger partial charge in [0.1, 0.15) is 6.10 Å². The van der Waals surface area contributed by atoms with Crippen molar-refractivity contribution in [1.29, 1.82) is 0 Å². The molecule has 200 valence electrons. The minimum Gasteiger partial charge on any atom is -0.485 e. The number of fused-ring (bicyclic) bond motifs is 1. The zero-order valence-electron chi connectivity index (χ0n) is 22.3. The van der Waals surface area contributed by atoms with Gasteiger partial charge in [0, 0.05) is 31.5 Å². The number of anilines is 1. The van der Waals surface area contributed by atoms with Gasteiger partial charge in [0.15, 0.2) is 5.75 Å². The highest BCUT2D eigenvalue weighted by Gasteiger charge is 2.35. The number of aliphatic hydroxyl groups is 1. The fraction of sp³-hybridized carbons (Fsp3) is 0.667. The number of ether oxygens (including phenoxy) is 1. The van der Waals surface area contributed by atoms with Crippen LogP contribution in [0.4, 0.5) is 10.5 Å². The largest absolute Gasteiger partial charge is 0.485 e. The molecule has 4 amide bonds.